The molecule has 1 aliphatic carbocycles. The topological polar surface area (TPSA) is 58.2 Å². The molecule has 1 aliphatic heterocycles. The van der Waals surface area contributed by atoms with Crippen LogP contribution in [0.2, 0.25) is 0 Å². The lowest BCUT2D eigenvalue weighted by Crippen LogP contribution is -2.32. The first-order valence-corrected chi connectivity index (χ1v) is 9.57. The first kappa shape index (κ1) is 16.4. The van der Waals surface area contributed by atoms with Gasteiger partial charge in [0, 0.05) is 23.9 Å². The molecule has 2 N–H and O–H groups in total. The Balaban J connectivity index is 1.42. The summed E-state index contributed by atoms with van der Waals surface area (Å²) in [6.07, 6.45) is 6.18. The van der Waals surface area contributed by atoms with Crippen LogP contribution in [0.1, 0.15) is 37.7 Å². The van der Waals surface area contributed by atoms with Gasteiger partial charge < -0.3 is 10.6 Å². The molecule has 23 heavy (non-hydrogen) atoms. The van der Waals surface area contributed by atoms with Crippen LogP contribution in [-0.2, 0) is 16.0 Å². The molecule has 5 heteroatoms. The second kappa shape index (κ2) is 7.86. The lowest BCUT2D eigenvalue weighted by Gasteiger charge is -2.14. The molecule has 2 amide bonds. The van der Waals surface area contributed by atoms with Crippen LogP contribution >= 0.6 is 11.8 Å². The zero-order valence-corrected chi connectivity index (χ0v) is 14.2. The molecule has 0 aromatic heterocycles. The van der Waals surface area contributed by atoms with Crippen LogP contribution in [0.3, 0.4) is 0 Å². The van der Waals surface area contributed by atoms with Crippen molar-refractivity contribution in [2.24, 2.45) is 5.92 Å². The van der Waals surface area contributed by atoms with Crippen molar-refractivity contribution in [2.45, 2.75) is 43.8 Å². The number of amides is 2. The second-order valence-electron chi connectivity index (χ2n) is 6.32. The Morgan fingerprint density at radius 1 is 1.22 bits per heavy atom. The summed E-state index contributed by atoms with van der Waals surface area (Å²) >= 11 is 1.65. The van der Waals surface area contributed by atoms with E-state index in [0.29, 0.717) is 6.54 Å². The van der Waals surface area contributed by atoms with E-state index in [2.05, 4.69) is 16.7 Å². The molecule has 1 saturated carbocycles. The van der Waals surface area contributed by atoms with Crippen LogP contribution in [-0.4, -0.2) is 29.4 Å². The monoisotopic (exact) mass is 332 g/mol. The normalized spacial score (nSPS) is 21.4. The third-order valence-corrected chi connectivity index (χ3v) is 5.98. The van der Waals surface area contributed by atoms with Crippen molar-refractivity contribution >= 4 is 29.3 Å². The Morgan fingerprint density at radius 3 is 2.83 bits per heavy atom. The van der Waals surface area contributed by atoms with Gasteiger partial charge >= 0.3 is 0 Å². The molecule has 1 fully saturated rings. The number of aryl methyl sites for hydroxylation is 1. The van der Waals surface area contributed by atoms with Gasteiger partial charge in [-0.2, -0.15) is 0 Å². The fraction of sp³-hybridized carbons (Fsp3) is 0.556. The third kappa shape index (κ3) is 4.28. The number of para-hydroxylation sites is 1. The largest absolute Gasteiger partial charge is 0.355 e. The predicted molar refractivity (Wildman–Crippen MR) is 94.6 cm³/mol. The van der Waals surface area contributed by atoms with Gasteiger partial charge in [0.1, 0.15) is 0 Å². The Morgan fingerprint density at radius 2 is 2.00 bits per heavy atom. The zero-order chi connectivity index (χ0) is 16.1. The summed E-state index contributed by atoms with van der Waals surface area (Å²) in [5, 5.41) is 6.00. The number of fused-ring (bicyclic) bond motifs is 1. The summed E-state index contributed by atoms with van der Waals surface area (Å²) in [6.45, 7) is 0.650. The first-order chi connectivity index (χ1) is 11.2. The molecule has 3 rings (SSSR count). The molecule has 1 heterocycles. The van der Waals surface area contributed by atoms with Gasteiger partial charge in [0.25, 0.3) is 0 Å². The van der Waals surface area contributed by atoms with E-state index >= 15 is 0 Å². The van der Waals surface area contributed by atoms with E-state index in [1.807, 2.05) is 18.2 Å². The van der Waals surface area contributed by atoms with Crippen molar-refractivity contribution in [3.63, 3.8) is 0 Å². The SMILES string of the molecule is O=C(NCCS[C@@H]1CCc2ccccc2NC1=O)C1CCCC1. The molecule has 0 spiro atoms. The maximum atomic E-state index is 12.3. The smallest absolute Gasteiger partial charge is 0.237 e. The number of carbonyl (C=O) groups is 2. The summed E-state index contributed by atoms with van der Waals surface area (Å²) in [4.78, 5) is 24.3. The van der Waals surface area contributed by atoms with E-state index in [1.54, 1.807) is 11.8 Å². The number of nitrogens with one attached hydrogen (secondary N) is 2. The average molecular weight is 332 g/mol. The highest BCUT2D eigenvalue weighted by molar-refractivity contribution is 8.00. The summed E-state index contributed by atoms with van der Waals surface area (Å²) in [7, 11) is 0. The fourth-order valence-corrected chi connectivity index (χ4v) is 4.36. The highest BCUT2D eigenvalue weighted by atomic mass is 32.2. The minimum absolute atomic E-state index is 0.0363. The maximum absolute atomic E-state index is 12.3. The summed E-state index contributed by atoms with van der Waals surface area (Å²) in [5.41, 5.74) is 2.15. The Bertz CT molecular complexity index is 570. The number of rotatable bonds is 5. The Hall–Kier alpha value is -1.49. The van der Waals surface area contributed by atoms with E-state index in [1.165, 1.54) is 18.4 Å². The van der Waals surface area contributed by atoms with Crippen LogP contribution in [0.4, 0.5) is 5.69 Å². The van der Waals surface area contributed by atoms with E-state index in [0.717, 1.165) is 37.1 Å². The second-order valence-corrected chi connectivity index (χ2v) is 7.63. The van der Waals surface area contributed by atoms with Crippen LogP contribution in [0.25, 0.3) is 0 Å². The highest BCUT2D eigenvalue weighted by Gasteiger charge is 2.24. The standard InChI is InChI=1S/C18H24N2O2S/c21-17(14-6-1-2-7-14)19-11-12-23-16-10-9-13-5-3-4-8-15(13)20-18(16)22/h3-5,8,14,16H,1-2,6-7,9-12H2,(H,19,21)(H,20,22)/t16-/m1/s1. The lowest BCUT2D eigenvalue weighted by molar-refractivity contribution is -0.124. The molecule has 1 atom stereocenters. The van der Waals surface area contributed by atoms with Crippen LogP contribution in [0, 0.1) is 5.92 Å². The number of anilines is 1. The van der Waals surface area contributed by atoms with Gasteiger partial charge in [-0.1, -0.05) is 31.0 Å². The molecular formula is C18H24N2O2S. The number of hydrogen-bond acceptors (Lipinski definition) is 3. The number of benzene rings is 1. The minimum Gasteiger partial charge on any atom is -0.355 e. The molecule has 0 bridgehead atoms. The minimum atomic E-state index is -0.0363. The van der Waals surface area contributed by atoms with E-state index in [4.69, 9.17) is 0 Å². The van der Waals surface area contributed by atoms with E-state index in [9.17, 15) is 9.59 Å². The lowest BCUT2D eigenvalue weighted by atomic mass is 10.1. The molecule has 4 nitrogen and oxygen atoms in total. The predicted octanol–water partition coefficient (Wildman–Crippen LogP) is 2.98. The summed E-state index contributed by atoms with van der Waals surface area (Å²) in [6, 6.07) is 7.99. The molecule has 2 aliphatic rings. The van der Waals surface area contributed by atoms with E-state index in [-0.39, 0.29) is 23.0 Å². The maximum Gasteiger partial charge on any atom is 0.237 e. The van der Waals surface area contributed by atoms with E-state index < -0.39 is 0 Å². The van der Waals surface area contributed by atoms with Crippen molar-refractivity contribution in [1.29, 1.82) is 0 Å². The van der Waals surface area contributed by atoms with Crippen molar-refractivity contribution < 1.29 is 9.59 Å². The fourth-order valence-electron chi connectivity index (χ4n) is 3.36. The average Bonchev–Trinajstić information content (AvgIpc) is 3.04. The first-order valence-electron chi connectivity index (χ1n) is 8.52. The molecule has 1 aromatic carbocycles. The molecule has 0 saturated heterocycles. The van der Waals surface area contributed by atoms with Gasteiger partial charge in [-0.25, -0.2) is 0 Å². The van der Waals surface area contributed by atoms with Crippen molar-refractivity contribution in [2.75, 3.05) is 17.6 Å². The van der Waals surface area contributed by atoms with Gasteiger partial charge in [-0.05, 0) is 37.3 Å². The summed E-state index contributed by atoms with van der Waals surface area (Å²) < 4.78 is 0. The quantitative estimate of drug-likeness (QED) is 0.815. The molecule has 0 unspecified atom stereocenters. The van der Waals surface area contributed by atoms with Crippen LogP contribution < -0.4 is 10.6 Å². The van der Waals surface area contributed by atoms with Crippen molar-refractivity contribution in [3.8, 4) is 0 Å². The Labute approximate surface area is 141 Å². The summed E-state index contributed by atoms with van der Waals surface area (Å²) in [5.74, 6) is 1.28. The zero-order valence-electron chi connectivity index (χ0n) is 13.3. The van der Waals surface area contributed by atoms with Gasteiger partial charge in [0.05, 0.1) is 5.25 Å². The number of thioether (sulfide) groups is 1. The van der Waals surface area contributed by atoms with Gasteiger partial charge in [-0.3, -0.25) is 9.59 Å². The third-order valence-electron chi connectivity index (χ3n) is 4.69. The highest BCUT2D eigenvalue weighted by Crippen LogP contribution is 2.27. The van der Waals surface area contributed by atoms with Crippen molar-refractivity contribution in [1.82, 2.24) is 5.32 Å². The molecule has 0 radical (unpaired) electrons. The Kier molecular flexibility index (Phi) is 5.60. The molecular weight excluding hydrogens is 308 g/mol. The molecule has 1 aromatic rings. The number of hydrogen-bond donors (Lipinski definition) is 2. The number of carbonyl (C=O) groups excluding carboxylic acids is 2. The van der Waals surface area contributed by atoms with Crippen LogP contribution in [0.15, 0.2) is 24.3 Å². The van der Waals surface area contributed by atoms with Gasteiger partial charge in [0.15, 0.2) is 0 Å². The van der Waals surface area contributed by atoms with Crippen molar-refractivity contribution in [3.05, 3.63) is 29.8 Å². The molecule has 124 valence electrons. The van der Waals surface area contributed by atoms with Crippen LogP contribution in [0.5, 0.6) is 0 Å². The van der Waals surface area contributed by atoms with Gasteiger partial charge in [-0.15, -0.1) is 11.8 Å². The van der Waals surface area contributed by atoms with Gasteiger partial charge in [0.2, 0.25) is 11.8 Å².